The number of aromatic amines is 1. The van der Waals surface area contributed by atoms with Crippen LogP contribution in [0.2, 0.25) is 0 Å². The number of aromatic hydroxyl groups is 1. The molecular formula is C50H67N11O11S2. The van der Waals surface area contributed by atoms with Crippen LogP contribution in [0.3, 0.4) is 0 Å². The number of aliphatic hydroxyl groups excluding tert-OH is 2. The zero-order valence-corrected chi connectivity index (χ0v) is 43.0. The molecule has 24 heteroatoms. The van der Waals surface area contributed by atoms with Gasteiger partial charge in [0.25, 0.3) is 0 Å². The number of benzene rings is 3. The molecule has 1 aliphatic rings. The van der Waals surface area contributed by atoms with Gasteiger partial charge in [0, 0.05) is 48.5 Å². The largest absolute Gasteiger partial charge is 0.508 e. The molecular weight excluding hydrogens is 995 g/mol. The SMILES string of the molecule is C[C@@H](O)C1NC(=O)[C@H](CCCCN)NC(=O)[C@@H](Cc2c[nH]c3ccccc23)NC(=O)C(Cc2ccccc2)N(C)C(=O)[C@@H](NC(=O)[C@@H](N)Cc2ccc(O)cc2)CSSCC(C(=O)N[C@H](C(N)=O)[C@@H](C)O)NC1=O. The molecule has 22 nitrogen and oxygen atoms in total. The number of amides is 8. The number of phenols is 1. The first-order valence-corrected chi connectivity index (χ1v) is 26.6. The van der Waals surface area contributed by atoms with E-state index in [0.717, 1.165) is 32.5 Å². The van der Waals surface area contributed by atoms with Crippen molar-refractivity contribution in [2.24, 2.45) is 17.2 Å². The third kappa shape index (κ3) is 16.7. The Bertz CT molecular complexity index is 2570. The Morgan fingerprint density at radius 2 is 1.43 bits per heavy atom. The van der Waals surface area contributed by atoms with Gasteiger partial charge in [-0.1, -0.05) is 82.3 Å². The summed E-state index contributed by atoms with van der Waals surface area (Å²) in [6, 6.07) is 10.6. The Kier molecular flexibility index (Phi) is 22.1. The highest BCUT2D eigenvalue weighted by Gasteiger charge is 2.38. The van der Waals surface area contributed by atoms with Gasteiger partial charge in [-0.15, -0.1) is 0 Å². The number of aliphatic hydroxyl groups is 2. The number of para-hydroxylation sites is 1. The average Bonchev–Trinajstić information content (AvgIpc) is 3.78. The van der Waals surface area contributed by atoms with Gasteiger partial charge in [-0.2, -0.15) is 0 Å². The number of primary amides is 1. The first-order valence-electron chi connectivity index (χ1n) is 24.1. The fourth-order valence-electron chi connectivity index (χ4n) is 8.13. The van der Waals surface area contributed by atoms with E-state index in [4.69, 9.17) is 17.2 Å². The molecule has 16 N–H and O–H groups in total. The normalized spacial score (nSPS) is 22.5. The highest BCUT2D eigenvalue weighted by molar-refractivity contribution is 8.76. The average molecular weight is 1060 g/mol. The van der Waals surface area contributed by atoms with Crippen molar-refractivity contribution in [3.63, 3.8) is 0 Å². The van der Waals surface area contributed by atoms with E-state index < -0.39 is 108 Å². The molecule has 0 radical (unpaired) electrons. The van der Waals surface area contributed by atoms with Crippen LogP contribution in [-0.4, -0.2) is 158 Å². The summed E-state index contributed by atoms with van der Waals surface area (Å²) >= 11 is 0. The summed E-state index contributed by atoms with van der Waals surface area (Å²) in [6.45, 7) is 2.68. The van der Waals surface area contributed by atoms with E-state index in [-0.39, 0.29) is 49.5 Å². The first-order chi connectivity index (χ1) is 35.3. The maximum Gasteiger partial charge on any atom is 0.246 e. The Morgan fingerprint density at radius 1 is 0.784 bits per heavy atom. The number of nitrogens with one attached hydrogen (secondary N) is 7. The maximum atomic E-state index is 15.0. The number of carbonyl (C=O) groups excluding carboxylic acids is 8. The molecule has 2 heterocycles. The second kappa shape index (κ2) is 28.1. The summed E-state index contributed by atoms with van der Waals surface area (Å²) in [5.41, 5.74) is 20.3. The van der Waals surface area contributed by atoms with Crippen molar-refractivity contribution in [2.75, 3.05) is 25.1 Å². The van der Waals surface area contributed by atoms with Crippen LogP contribution >= 0.6 is 21.6 Å². The lowest BCUT2D eigenvalue weighted by atomic mass is 10.00. The Hall–Kier alpha value is -6.70. The molecule has 1 saturated heterocycles. The Morgan fingerprint density at radius 3 is 2.09 bits per heavy atom. The number of aromatic nitrogens is 1. The van der Waals surface area contributed by atoms with Crippen LogP contribution in [0, 0.1) is 0 Å². The summed E-state index contributed by atoms with van der Waals surface area (Å²) in [4.78, 5) is 117. The predicted molar refractivity (Wildman–Crippen MR) is 280 cm³/mol. The van der Waals surface area contributed by atoms with Crippen LogP contribution in [-0.2, 0) is 57.6 Å². The topological polar surface area (TPSA) is 367 Å². The number of fused-ring (bicyclic) bond motifs is 1. The Labute approximate surface area is 436 Å². The number of hydrogen-bond acceptors (Lipinski definition) is 15. The minimum Gasteiger partial charge on any atom is -0.508 e. The van der Waals surface area contributed by atoms with Gasteiger partial charge < -0.3 is 74.3 Å². The van der Waals surface area contributed by atoms with Gasteiger partial charge in [-0.05, 0) is 81.0 Å². The zero-order chi connectivity index (χ0) is 54.1. The molecule has 1 aromatic heterocycles. The number of nitrogens with zero attached hydrogens (tertiary/aromatic N) is 1. The second-order valence-corrected chi connectivity index (χ2v) is 20.7. The number of phenolic OH excluding ortho intramolecular Hbond substituents is 1. The number of hydrogen-bond donors (Lipinski definition) is 13. The number of unbranched alkanes of at least 4 members (excludes halogenated alkanes) is 1. The van der Waals surface area contributed by atoms with Crippen molar-refractivity contribution in [1.29, 1.82) is 0 Å². The molecule has 400 valence electrons. The zero-order valence-electron chi connectivity index (χ0n) is 41.3. The quantitative estimate of drug-likeness (QED) is 0.0434. The summed E-state index contributed by atoms with van der Waals surface area (Å²) in [7, 11) is 3.32. The van der Waals surface area contributed by atoms with Crippen LogP contribution in [0.25, 0.3) is 10.9 Å². The molecule has 4 aromatic rings. The minimum atomic E-state index is -1.72. The number of rotatable bonds is 17. The van der Waals surface area contributed by atoms with Gasteiger partial charge >= 0.3 is 0 Å². The lowest BCUT2D eigenvalue weighted by Gasteiger charge is -2.33. The molecule has 0 saturated carbocycles. The molecule has 1 aliphatic heterocycles. The molecule has 3 aromatic carbocycles. The fraction of sp³-hybridized carbons (Fsp3) is 0.440. The third-order valence-electron chi connectivity index (χ3n) is 12.4. The van der Waals surface area contributed by atoms with Crippen LogP contribution in [0.5, 0.6) is 5.75 Å². The van der Waals surface area contributed by atoms with E-state index in [0.29, 0.717) is 29.5 Å². The van der Waals surface area contributed by atoms with E-state index in [9.17, 15) is 53.7 Å². The standard InChI is InChI=1S/C50H67N11O11S2/c1-27(62)41(43(53)65)59-47(69)38-25-73-74-26-39(58-44(66)34(52)21-30-16-18-32(64)19-17-30)50(72)61(3)40(22-29-11-5-4-6-12-29)48(70)56-37(23-31-24-54-35-14-8-7-13-33(31)35)46(68)55-36(15-9-10-20-51)45(67)60-42(28(2)63)49(71)57-38/h4-8,11-14,16-19,24,27-28,34,36-42,54,62-64H,9-10,15,20-23,25-26,51-52H2,1-3H3,(H2,53,65)(H,55,68)(H,56,70)(H,57,71)(H,58,66)(H,59,69)(H,60,67)/t27-,28-,34+,36+,37-,38?,39+,40?,41+,42?/m1/s1. The highest BCUT2D eigenvalue weighted by atomic mass is 33.1. The van der Waals surface area contributed by atoms with Crippen LogP contribution < -0.4 is 49.1 Å². The lowest BCUT2D eigenvalue weighted by molar-refractivity contribution is -0.142. The summed E-state index contributed by atoms with van der Waals surface area (Å²) < 4.78 is 0. The molecule has 74 heavy (non-hydrogen) atoms. The fourth-order valence-corrected chi connectivity index (χ4v) is 10.4. The molecule has 10 atom stereocenters. The molecule has 3 unspecified atom stereocenters. The van der Waals surface area contributed by atoms with E-state index in [1.54, 1.807) is 48.7 Å². The molecule has 0 aliphatic carbocycles. The van der Waals surface area contributed by atoms with Gasteiger partial charge in [0.1, 0.15) is 48.0 Å². The predicted octanol–water partition coefficient (Wildman–Crippen LogP) is -1.26. The van der Waals surface area contributed by atoms with Crippen molar-refractivity contribution in [3.05, 3.63) is 102 Å². The number of nitrogens with two attached hydrogens (primary N) is 3. The molecule has 5 rings (SSSR count). The minimum absolute atomic E-state index is 0.00297. The van der Waals surface area contributed by atoms with Crippen molar-refractivity contribution in [2.45, 2.75) is 113 Å². The van der Waals surface area contributed by atoms with Crippen LogP contribution in [0.1, 0.15) is 49.8 Å². The van der Waals surface area contributed by atoms with Crippen molar-refractivity contribution >= 4 is 79.7 Å². The number of likely N-dealkylation sites (N-methyl/N-ethyl adjacent to an activating group) is 1. The monoisotopic (exact) mass is 1060 g/mol. The van der Waals surface area contributed by atoms with Crippen LogP contribution in [0.4, 0.5) is 0 Å². The number of H-pyrrole nitrogens is 1. The summed E-state index contributed by atoms with van der Waals surface area (Å²) in [6.07, 6.45) is -0.726. The maximum absolute atomic E-state index is 15.0. The number of carbonyl (C=O) groups is 8. The molecule has 8 amide bonds. The van der Waals surface area contributed by atoms with Gasteiger partial charge in [-0.25, -0.2) is 0 Å². The van der Waals surface area contributed by atoms with E-state index in [1.807, 2.05) is 24.3 Å². The molecule has 0 bridgehead atoms. The summed E-state index contributed by atoms with van der Waals surface area (Å²) in [5, 5.41) is 47.4. The molecule has 1 fully saturated rings. The summed E-state index contributed by atoms with van der Waals surface area (Å²) in [5.74, 6) is -7.57. The highest BCUT2D eigenvalue weighted by Crippen LogP contribution is 2.25. The van der Waals surface area contributed by atoms with Crippen molar-refractivity contribution < 1.29 is 53.7 Å². The van der Waals surface area contributed by atoms with Gasteiger partial charge in [0.15, 0.2) is 0 Å². The second-order valence-electron chi connectivity index (χ2n) is 18.1. The van der Waals surface area contributed by atoms with Crippen molar-refractivity contribution in [3.8, 4) is 5.75 Å². The third-order valence-corrected chi connectivity index (χ3v) is 14.8. The van der Waals surface area contributed by atoms with Gasteiger partial charge in [0.2, 0.25) is 47.3 Å². The van der Waals surface area contributed by atoms with E-state index >= 15 is 0 Å². The van der Waals surface area contributed by atoms with E-state index in [1.165, 1.54) is 37.9 Å². The lowest BCUT2D eigenvalue weighted by Crippen LogP contribution is -2.62. The van der Waals surface area contributed by atoms with Gasteiger partial charge in [0.05, 0.1) is 18.2 Å². The van der Waals surface area contributed by atoms with Crippen LogP contribution in [0.15, 0.2) is 85.1 Å². The first kappa shape index (κ1) is 58.2. The van der Waals surface area contributed by atoms with E-state index in [2.05, 4.69) is 36.9 Å². The Balaban J connectivity index is 1.60. The molecule has 0 spiro atoms. The van der Waals surface area contributed by atoms with Crippen molar-refractivity contribution in [1.82, 2.24) is 41.8 Å². The smallest absolute Gasteiger partial charge is 0.246 e. The van der Waals surface area contributed by atoms with Gasteiger partial charge in [-0.3, -0.25) is 38.4 Å².